The van der Waals surface area contributed by atoms with Crippen LogP contribution in [-0.4, -0.2) is 32.1 Å². The lowest BCUT2D eigenvalue weighted by Crippen LogP contribution is -2.33. The summed E-state index contributed by atoms with van der Waals surface area (Å²) < 4.78 is 9.58. The second-order valence-corrected chi connectivity index (χ2v) is 6.99. The van der Waals surface area contributed by atoms with Crippen molar-refractivity contribution < 1.29 is 4.74 Å². The Bertz CT molecular complexity index is 852. The molecule has 7 heteroatoms. The van der Waals surface area contributed by atoms with Gasteiger partial charge in [-0.15, -0.1) is 0 Å². The minimum Gasteiger partial charge on any atom is -0.381 e. The molecule has 0 amide bonds. The molecule has 132 valence electrons. The molecule has 1 aliphatic heterocycles. The highest BCUT2D eigenvalue weighted by Crippen LogP contribution is 2.29. The molecule has 1 aliphatic rings. The van der Waals surface area contributed by atoms with Crippen LogP contribution < -0.4 is 5.32 Å². The van der Waals surface area contributed by atoms with Crippen molar-refractivity contribution in [2.45, 2.75) is 25.4 Å². The standard InChI is InChI=1S/C18H22ClN5O/c1-23-7-6-20-18(23)17(13-4-8-25-9-5-13)21-10-15-12-24-11-14(19)2-3-16(24)22-15/h2-3,6-7,11-13,17,21H,4-5,8-10H2,1H3/t17-/m1/s1. The summed E-state index contributed by atoms with van der Waals surface area (Å²) in [6, 6.07) is 3.98. The van der Waals surface area contributed by atoms with Gasteiger partial charge in [-0.1, -0.05) is 11.6 Å². The van der Waals surface area contributed by atoms with Gasteiger partial charge in [0.2, 0.25) is 0 Å². The molecule has 25 heavy (non-hydrogen) atoms. The number of aromatic nitrogens is 4. The highest BCUT2D eigenvalue weighted by molar-refractivity contribution is 6.30. The Balaban J connectivity index is 1.54. The lowest BCUT2D eigenvalue weighted by Gasteiger charge is -2.30. The van der Waals surface area contributed by atoms with Crippen molar-refractivity contribution in [2.24, 2.45) is 13.0 Å². The van der Waals surface area contributed by atoms with E-state index in [0.717, 1.165) is 43.2 Å². The average molecular weight is 360 g/mol. The van der Waals surface area contributed by atoms with Crippen LogP contribution in [0.2, 0.25) is 5.02 Å². The number of hydrogen-bond acceptors (Lipinski definition) is 4. The van der Waals surface area contributed by atoms with Crippen LogP contribution in [0.1, 0.15) is 30.4 Å². The van der Waals surface area contributed by atoms with Gasteiger partial charge in [-0.2, -0.15) is 0 Å². The van der Waals surface area contributed by atoms with Crippen LogP contribution in [0.3, 0.4) is 0 Å². The summed E-state index contributed by atoms with van der Waals surface area (Å²) in [6.45, 7) is 2.33. The van der Waals surface area contributed by atoms with E-state index in [-0.39, 0.29) is 6.04 Å². The molecule has 0 unspecified atom stereocenters. The number of halogens is 1. The van der Waals surface area contributed by atoms with Gasteiger partial charge in [0.05, 0.1) is 16.8 Å². The first-order valence-electron chi connectivity index (χ1n) is 8.62. The van der Waals surface area contributed by atoms with E-state index in [1.807, 2.05) is 48.4 Å². The summed E-state index contributed by atoms with van der Waals surface area (Å²) in [7, 11) is 2.04. The molecular weight excluding hydrogens is 338 g/mol. The Hall–Kier alpha value is -1.89. The highest BCUT2D eigenvalue weighted by Gasteiger charge is 2.28. The molecule has 4 heterocycles. The van der Waals surface area contributed by atoms with Crippen molar-refractivity contribution >= 4 is 17.2 Å². The summed E-state index contributed by atoms with van der Waals surface area (Å²) in [5, 5.41) is 4.38. The molecule has 0 bridgehead atoms. The zero-order valence-electron chi connectivity index (χ0n) is 14.2. The first-order valence-corrected chi connectivity index (χ1v) is 9.00. The van der Waals surface area contributed by atoms with Crippen LogP contribution in [0.5, 0.6) is 0 Å². The van der Waals surface area contributed by atoms with Gasteiger partial charge < -0.3 is 19.0 Å². The van der Waals surface area contributed by atoms with Gasteiger partial charge in [0.1, 0.15) is 11.5 Å². The third-order valence-electron chi connectivity index (χ3n) is 4.84. The number of nitrogens with one attached hydrogen (secondary N) is 1. The predicted molar refractivity (Wildman–Crippen MR) is 96.5 cm³/mol. The van der Waals surface area contributed by atoms with E-state index in [9.17, 15) is 0 Å². The first kappa shape index (κ1) is 16.6. The third kappa shape index (κ3) is 3.56. The summed E-state index contributed by atoms with van der Waals surface area (Å²) in [5.74, 6) is 1.58. The fraction of sp³-hybridized carbons (Fsp3) is 0.444. The molecular formula is C18H22ClN5O. The van der Waals surface area contributed by atoms with E-state index in [1.165, 1.54) is 0 Å². The third-order valence-corrected chi connectivity index (χ3v) is 5.07. The van der Waals surface area contributed by atoms with Gasteiger partial charge >= 0.3 is 0 Å². The molecule has 1 atom stereocenters. The van der Waals surface area contributed by atoms with Gasteiger partial charge in [0, 0.05) is 51.6 Å². The Morgan fingerprint density at radius 1 is 1.32 bits per heavy atom. The summed E-state index contributed by atoms with van der Waals surface area (Å²) in [6.07, 6.45) is 9.85. The molecule has 1 N–H and O–H groups in total. The van der Waals surface area contributed by atoms with E-state index in [0.29, 0.717) is 17.5 Å². The Morgan fingerprint density at radius 2 is 2.16 bits per heavy atom. The second-order valence-electron chi connectivity index (χ2n) is 6.55. The predicted octanol–water partition coefficient (Wildman–Crippen LogP) is 2.98. The molecule has 6 nitrogen and oxygen atoms in total. The molecule has 1 fully saturated rings. The maximum atomic E-state index is 6.05. The van der Waals surface area contributed by atoms with Gasteiger partial charge in [-0.05, 0) is 30.9 Å². The summed E-state index contributed by atoms with van der Waals surface area (Å²) in [4.78, 5) is 9.24. The number of nitrogens with zero attached hydrogens (tertiary/aromatic N) is 4. The van der Waals surface area contributed by atoms with Gasteiger partial charge in [-0.3, -0.25) is 0 Å². The molecule has 4 rings (SSSR count). The molecule has 0 spiro atoms. The number of ether oxygens (including phenoxy) is 1. The monoisotopic (exact) mass is 359 g/mol. The quantitative estimate of drug-likeness (QED) is 0.761. The van der Waals surface area contributed by atoms with E-state index < -0.39 is 0 Å². The summed E-state index contributed by atoms with van der Waals surface area (Å²) in [5.41, 5.74) is 1.90. The van der Waals surface area contributed by atoms with Gasteiger partial charge in [0.15, 0.2) is 0 Å². The van der Waals surface area contributed by atoms with Crippen LogP contribution in [0.4, 0.5) is 0 Å². The van der Waals surface area contributed by atoms with Crippen LogP contribution in [0, 0.1) is 5.92 Å². The van der Waals surface area contributed by atoms with Crippen molar-refractivity contribution in [1.29, 1.82) is 0 Å². The number of aryl methyl sites for hydroxylation is 1. The van der Waals surface area contributed by atoms with E-state index >= 15 is 0 Å². The fourth-order valence-electron chi connectivity index (χ4n) is 3.51. The highest BCUT2D eigenvalue weighted by atomic mass is 35.5. The summed E-state index contributed by atoms with van der Waals surface area (Å²) >= 11 is 6.05. The van der Waals surface area contributed by atoms with Crippen molar-refractivity contribution in [2.75, 3.05) is 13.2 Å². The van der Waals surface area contributed by atoms with Crippen LogP contribution in [-0.2, 0) is 18.3 Å². The number of hydrogen-bond donors (Lipinski definition) is 1. The second kappa shape index (κ2) is 7.15. The van der Waals surface area contributed by atoms with E-state index in [1.54, 1.807) is 0 Å². The first-order chi connectivity index (χ1) is 12.2. The lowest BCUT2D eigenvalue weighted by atomic mass is 9.91. The molecule has 0 radical (unpaired) electrons. The zero-order chi connectivity index (χ0) is 17.2. The molecule has 0 aromatic carbocycles. The number of fused-ring (bicyclic) bond motifs is 1. The molecule has 1 saturated heterocycles. The average Bonchev–Trinajstić information content (AvgIpc) is 3.22. The van der Waals surface area contributed by atoms with Crippen LogP contribution >= 0.6 is 11.6 Å². The van der Waals surface area contributed by atoms with Crippen LogP contribution in [0.25, 0.3) is 5.65 Å². The Kier molecular flexibility index (Phi) is 4.74. The van der Waals surface area contributed by atoms with E-state index in [4.69, 9.17) is 16.3 Å². The van der Waals surface area contributed by atoms with Crippen molar-refractivity contribution in [3.05, 3.63) is 53.5 Å². The van der Waals surface area contributed by atoms with Crippen molar-refractivity contribution in [1.82, 2.24) is 24.3 Å². The Morgan fingerprint density at radius 3 is 2.92 bits per heavy atom. The maximum Gasteiger partial charge on any atom is 0.137 e. The topological polar surface area (TPSA) is 56.4 Å². The minimum atomic E-state index is 0.192. The fourth-order valence-corrected chi connectivity index (χ4v) is 3.68. The molecule has 0 aliphatic carbocycles. The van der Waals surface area contributed by atoms with Gasteiger partial charge in [0.25, 0.3) is 0 Å². The SMILES string of the molecule is Cn1ccnc1[C@H](NCc1cn2cc(Cl)ccc2n1)C1CCOCC1. The molecule has 3 aromatic rings. The van der Waals surface area contributed by atoms with Gasteiger partial charge in [-0.25, -0.2) is 9.97 Å². The zero-order valence-corrected chi connectivity index (χ0v) is 15.0. The number of rotatable bonds is 5. The number of imidazole rings is 2. The lowest BCUT2D eigenvalue weighted by molar-refractivity contribution is 0.0517. The largest absolute Gasteiger partial charge is 0.381 e. The smallest absolute Gasteiger partial charge is 0.137 e. The Labute approximate surface area is 151 Å². The van der Waals surface area contributed by atoms with Crippen molar-refractivity contribution in [3.8, 4) is 0 Å². The maximum absolute atomic E-state index is 6.05. The molecule has 0 saturated carbocycles. The van der Waals surface area contributed by atoms with Crippen molar-refractivity contribution in [3.63, 3.8) is 0 Å². The molecule has 3 aromatic heterocycles. The van der Waals surface area contributed by atoms with Crippen LogP contribution in [0.15, 0.2) is 36.9 Å². The number of pyridine rings is 1. The van der Waals surface area contributed by atoms with E-state index in [2.05, 4.69) is 19.9 Å². The normalized spacial score (nSPS) is 17.2. The minimum absolute atomic E-state index is 0.192.